The lowest BCUT2D eigenvalue weighted by Crippen LogP contribution is -2.37. The summed E-state index contributed by atoms with van der Waals surface area (Å²) in [7, 11) is 0. The zero-order chi connectivity index (χ0) is 16.8. The van der Waals surface area contributed by atoms with Crippen LogP contribution in [-0.4, -0.2) is 17.9 Å². The van der Waals surface area contributed by atoms with Crippen molar-refractivity contribution >= 4 is 17.8 Å². The molecule has 124 valence electrons. The van der Waals surface area contributed by atoms with Crippen LogP contribution in [0.5, 0.6) is 0 Å². The van der Waals surface area contributed by atoms with Gasteiger partial charge in [0, 0.05) is 0 Å². The summed E-state index contributed by atoms with van der Waals surface area (Å²) in [5.74, 6) is 0.0191. The van der Waals surface area contributed by atoms with Crippen LogP contribution in [0.25, 0.3) is 6.08 Å². The molecule has 0 unspecified atom stereocenters. The summed E-state index contributed by atoms with van der Waals surface area (Å²) in [6.07, 6.45) is 5.88. The third-order valence-electron chi connectivity index (χ3n) is 4.65. The van der Waals surface area contributed by atoms with Crippen molar-refractivity contribution in [3.05, 3.63) is 42.0 Å². The minimum Gasteiger partial charge on any atom is -0.456 e. The standard InChI is InChI=1S/C20H26O3/c1-14(2)17-11-9-15(3)13-19(17)23-20(22)18(21)12-10-16-7-5-4-6-8-16/h4-8,10,12,14-15,17,19H,9,11,13H2,1-3H3/b12-10+/t15-,17-,19+/m0/s1. The Balaban J connectivity index is 1.96. The lowest BCUT2D eigenvalue weighted by atomic mass is 9.75. The lowest BCUT2D eigenvalue weighted by molar-refractivity contribution is -0.161. The molecule has 1 aliphatic rings. The number of hydrogen-bond acceptors (Lipinski definition) is 3. The van der Waals surface area contributed by atoms with Gasteiger partial charge in [0.15, 0.2) is 0 Å². The molecule has 1 aromatic carbocycles. The summed E-state index contributed by atoms with van der Waals surface area (Å²) in [4.78, 5) is 24.1. The van der Waals surface area contributed by atoms with Crippen molar-refractivity contribution in [3.8, 4) is 0 Å². The molecule has 0 aliphatic heterocycles. The van der Waals surface area contributed by atoms with Crippen LogP contribution in [0.3, 0.4) is 0 Å². The maximum absolute atomic E-state index is 12.1. The van der Waals surface area contributed by atoms with Crippen molar-refractivity contribution in [1.82, 2.24) is 0 Å². The van der Waals surface area contributed by atoms with Crippen LogP contribution in [0.15, 0.2) is 36.4 Å². The van der Waals surface area contributed by atoms with Gasteiger partial charge in [0.1, 0.15) is 6.10 Å². The first-order valence-corrected chi connectivity index (χ1v) is 8.45. The summed E-state index contributed by atoms with van der Waals surface area (Å²) in [6, 6.07) is 9.45. The quantitative estimate of drug-likeness (QED) is 0.463. The SMILES string of the molecule is CC(C)[C@@H]1CC[C@H](C)C[C@H]1OC(=O)C(=O)/C=C/c1ccccc1. The maximum atomic E-state index is 12.1. The molecule has 0 spiro atoms. The molecule has 1 aliphatic carbocycles. The minimum atomic E-state index is -0.734. The van der Waals surface area contributed by atoms with E-state index in [1.807, 2.05) is 30.3 Å². The molecule has 3 heteroatoms. The number of ether oxygens (including phenoxy) is 1. The van der Waals surface area contributed by atoms with Gasteiger partial charge in [0.2, 0.25) is 0 Å². The molecule has 0 amide bonds. The summed E-state index contributed by atoms with van der Waals surface area (Å²) < 4.78 is 5.55. The Kier molecular flexibility index (Phi) is 6.14. The van der Waals surface area contributed by atoms with Gasteiger partial charge in [-0.05, 0) is 42.2 Å². The molecular formula is C20H26O3. The largest absolute Gasteiger partial charge is 0.456 e. The topological polar surface area (TPSA) is 43.4 Å². The van der Waals surface area contributed by atoms with Crippen molar-refractivity contribution in [2.45, 2.75) is 46.1 Å². The first-order chi connectivity index (χ1) is 11.0. The third kappa shape index (κ3) is 5.05. The summed E-state index contributed by atoms with van der Waals surface area (Å²) >= 11 is 0. The number of rotatable bonds is 5. The van der Waals surface area contributed by atoms with E-state index in [0.717, 1.165) is 18.4 Å². The molecule has 2 rings (SSSR count). The zero-order valence-electron chi connectivity index (χ0n) is 14.2. The number of ketones is 1. The fourth-order valence-corrected chi connectivity index (χ4v) is 3.25. The first kappa shape index (κ1) is 17.5. The van der Waals surface area contributed by atoms with E-state index in [2.05, 4.69) is 20.8 Å². The van der Waals surface area contributed by atoms with E-state index in [1.165, 1.54) is 12.5 Å². The lowest BCUT2D eigenvalue weighted by Gasteiger charge is -2.36. The van der Waals surface area contributed by atoms with Gasteiger partial charge in [-0.15, -0.1) is 0 Å². The van der Waals surface area contributed by atoms with Gasteiger partial charge in [-0.25, -0.2) is 4.79 Å². The van der Waals surface area contributed by atoms with E-state index in [-0.39, 0.29) is 6.10 Å². The van der Waals surface area contributed by atoms with Gasteiger partial charge in [-0.1, -0.05) is 63.6 Å². The molecule has 0 aromatic heterocycles. The van der Waals surface area contributed by atoms with Crippen LogP contribution < -0.4 is 0 Å². The summed E-state index contributed by atoms with van der Waals surface area (Å²) in [6.45, 7) is 6.48. The van der Waals surface area contributed by atoms with E-state index < -0.39 is 11.8 Å². The Hall–Kier alpha value is -1.90. The second-order valence-corrected chi connectivity index (χ2v) is 6.88. The number of carbonyl (C=O) groups excluding carboxylic acids is 2. The Bertz CT molecular complexity index is 560. The van der Waals surface area contributed by atoms with E-state index in [0.29, 0.717) is 17.8 Å². The van der Waals surface area contributed by atoms with Gasteiger partial charge in [0.05, 0.1) is 0 Å². The van der Waals surface area contributed by atoms with Crippen molar-refractivity contribution in [1.29, 1.82) is 0 Å². The minimum absolute atomic E-state index is 0.139. The smallest absolute Gasteiger partial charge is 0.379 e. The highest BCUT2D eigenvalue weighted by Crippen LogP contribution is 2.35. The Labute approximate surface area is 138 Å². The Morgan fingerprint density at radius 1 is 1.17 bits per heavy atom. The van der Waals surface area contributed by atoms with Crippen LogP contribution >= 0.6 is 0 Å². The fourth-order valence-electron chi connectivity index (χ4n) is 3.25. The molecule has 0 heterocycles. The van der Waals surface area contributed by atoms with Crippen molar-refractivity contribution in [3.63, 3.8) is 0 Å². The summed E-state index contributed by atoms with van der Waals surface area (Å²) in [5, 5.41) is 0. The van der Waals surface area contributed by atoms with E-state index in [1.54, 1.807) is 6.08 Å². The molecule has 0 N–H and O–H groups in total. The zero-order valence-corrected chi connectivity index (χ0v) is 14.2. The predicted molar refractivity (Wildman–Crippen MR) is 91.7 cm³/mol. The Morgan fingerprint density at radius 2 is 1.87 bits per heavy atom. The van der Waals surface area contributed by atoms with Crippen molar-refractivity contribution < 1.29 is 14.3 Å². The molecule has 1 fully saturated rings. The van der Waals surface area contributed by atoms with Gasteiger partial charge in [0.25, 0.3) is 5.78 Å². The molecule has 1 saturated carbocycles. The maximum Gasteiger partial charge on any atom is 0.379 e. The highest BCUT2D eigenvalue weighted by molar-refractivity contribution is 6.39. The number of benzene rings is 1. The third-order valence-corrected chi connectivity index (χ3v) is 4.65. The molecule has 3 nitrogen and oxygen atoms in total. The summed E-state index contributed by atoms with van der Waals surface area (Å²) in [5.41, 5.74) is 0.889. The molecule has 0 radical (unpaired) electrons. The van der Waals surface area contributed by atoms with E-state index in [9.17, 15) is 9.59 Å². The van der Waals surface area contributed by atoms with Crippen LogP contribution in [0.1, 0.15) is 45.6 Å². The first-order valence-electron chi connectivity index (χ1n) is 8.45. The second-order valence-electron chi connectivity index (χ2n) is 6.88. The van der Waals surface area contributed by atoms with Crippen LogP contribution in [-0.2, 0) is 14.3 Å². The van der Waals surface area contributed by atoms with Gasteiger partial charge in [-0.2, -0.15) is 0 Å². The second kappa shape index (κ2) is 8.09. The highest BCUT2D eigenvalue weighted by atomic mass is 16.5. The fraction of sp³-hybridized carbons (Fsp3) is 0.500. The molecule has 0 saturated heterocycles. The number of hydrogen-bond donors (Lipinski definition) is 0. The number of carbonyl (C=O) groups is 2. The van der Waals surface area contributed by atoms with Crippen molar-refractivity contribution in [2.24, 2.45) is 17.8 Å². The van der Waals surface area contributed by atoms with E-state index in [4.69, 9.17) is 4.74 Å². The molecule has 0 bridgehead atoms. The van der Waals surface area contributed by atoms with Gasteiger partial charge < -0.3 is 4.74 Å². The normalized spacial score (nSPS) is 24.8. The van der Waals surface area contributed by atoms with Crippen LogP contribution in [0, 0.1) is 17.8 Å². The molecule has 23 heavy (non-hydrogen) atoms. The van der Waals surface area contributed by atoms with E-state index >= 15 is 0 Å². The van der Waals surface area contributed by atoms with Crippen LogP contribution in [0.2, 0.25) is 0 Å². The molecule has 3 atom stereocenters. The highest BCUT2D eigenvalue weighted by Gasteiger charge is 2.34. The number of esters is 1. The average Bonchev–Trinajstić information content (AvgIpc) is 2.53. The van der Waals surface area contributed by atoms with Crippen molar-refractivity contribution in [2.75, 3.05) is 0 Å². The average molecular weight is 314 g/mol. The molecular weight excluding hydrogens is 288 g/mol. The van der Waals surface area contributed by atoms with Gasteiger partial charge >= 0.3 is 5.97 Å². The van der Waals surface area contributed by atoms with Gasteiger partial charge in [-0.3, -0.25) is 4.79 Å². The predicted octanol–water partition coefficient (Wildman–Crippen LogP) is 4.27. The van der Waals surface area contributed by atoms with Crippen LogP contribution in [0.4, 0.5) is 0 Å². The Morgan fingerprint density at radius 3 is 2.52 bits per heavy atom. The molecule has 1 aromatic rings. The monoisotopic (exact) mass is 314 g/mol.